The zero-order chi connectivity index (χ0) is 5.82. The summed E-state index contributed by atoms with van der Waals surface area (Å²) in [6, 6.07) is 0. The second kappa shape index (κ2) is 3.64. The maximum Gasteiger partial charge on any atom is 0.0634 e. The van der Waals surface area contributed by atoms with Gasteiger partial charge < -0.3 is 5.32 Å². The van der Waals surface area contributed by atoms with Gasteiger partial charge in [0.25, 0.3) is 0 Å². The Morgan fingerprint density at radius 3 is 2.75 bits per heavy atom. The molecule has 1 unspecified atom stereocenters. The highest BCUT2D eigenvalue weighted by Crippen LogP contribution is 2.20. The number of nitrogens with one attached hydrogen (secondary N) is 1. The zero-order valence-corrected chi connectivity index (χ0v) is 6.47. The summed E-state index contributed by atoms with van der Waals surface area (Å²) in [6.07, 6.45) is 3.99. The van der Waals surface area contributed by atoms with Crippen LogP contribution in [0.3, 0.4) is 0 Å². The molecule has 8 heavy (non-hydrogen) atoms. The van der Waals surface area contributed by atoms with Crippen LogP contribution >= 0.6 is 22.5 Å². The van der Waals surface area contributed by atoms with Crippen LogP contribution in [0, 0.1) is 0 Å². The molecular formula is C5H11NS2. The van der Waals surface area contributed by atoms with Crippen LogP contribution in [0.25, 0.3) is 0 Å². The second-order valence-corrected chi connectivity index (χ2v) is 3.46. The molecule has 0 amide bonds. The molecule has 1 heterocycles. The lowest BCUT2D eigenvalue weighted by Gasteiger charge is -2.19. The molecule has 0 radical (unpaired) electrons. The Morgan fingerprint density at radius 2 is 2.38 bits per heavy atom. The topological polar surface area (TPSA) is 12.0 Å². The summed E-state index contributed by atoms with van der Waals surface area (Å²) in [4.78, 5) is 0. The number of thiol groups is 1. The Morgan fingerprint density at radius 1 is 1.50 bits per heavy atom. The Hall–Kier alpha value is 0.660. The maximum absolute atomic E-state index is 4.12. The third-order valence-corrected chi connectivity index (χ3v) is 2.81. The van der Waals surface area contributed by atoms with Gasteiger partial charge in [-0.15, -0.1) is 11.7 Å². The molecule has 0 aromatic heterocycles. The van der Waals surface area contributed by atoms with Crippen LogP contribution in [-0.4, -0.2) is 11.9 Å². The molecule has 0 saturated carbocycles. The van der Waals surface area contributed by atoms with Crippen molar-refractivity contribution in [2.24, 2.45) is 0 Å². The summed E-state index contributed by atoms with van der Waals surface area (Å²) in [5, 5.41) is 3.97. The third kappa shape index (κ3) is 1.88. The minimum Gasteiger partial charge on any atom is -0.305 e. The molecule has 1 fully saturated rings. The molecule has 1 saturated heterocycles. The van der Waals surface area contributed by atoms with Gasteiger partial charge in [0, 0.05) is 0 Å². The first kappa shape index (κ1) is 6.78. The van der Waals surface area contributed by atoms with Crippen molar-refractivity contribution >= 4 is 22.5 Å². The van der Waals surface area contributed by atoms with Crippen molar-refractivity contribution in [3.63, 3.8) is 0 Å². The van der Waals surface area contributed by atoms with E-state index in [1.54, 1.807) is 10.8 Å². The predicted octanol–water partition coefficient (Wildman–Crippen LogP) is 1.66. The van der Waals surface area contributed by atoms with E-state index in [1.807, 2.05) is 0 Å². The van der Waals surface area contributed by atoms with E-state index in [2.05, 4.69) is 17.0 Å². The lowest BCUT2D eigenvalue weighted by Crippen LogP contribution is -2.30. The van der Waals surface area contributed by atoms with Gasteiger partial charge in [-0.3, -0.25) is 0 Å². The van der Waals surface area contributed by atoms with E-state index in [-0.39, 0.29) is 0 Å². The number of piperidine rings is 1. The van der Waals surface area contributed by atoms with Crippen molar-refractivity contribution in [3.05, 3.63) is 0 Å². The number of hydrogen-bond acceptors (Lipinski definition) is 3. The van der Waals surface area contributed by atoms with Crippen molar-refractivity contribution in [2.75, 3.05) is 6.54 Å². The van der Waals surface area contributed by atoms with Crippen LogP contribution in [0.15, 0.2) is 0 Å². The van der Waals surface area contributed by atoms with Crippen LogP contribution in [0.2, 0.25) is 0 Å². The molecule has 0 aliphatic carbocycles. The molecule has 0 spiro atoms. The fourth-order valence-electron chi connectivity index (χ4n) is 0.910. The second-order valence-electron chi connectivity index (χ2n) is 2.04. The van der Waals surface area contributed by atoms with Crippen molar-refractivity contribution in [1.82, 2.24) is 5.32 Å². The van der Waals surface area contributed by atoms with Gasteiger partial charge in [-0.25, -0.2) is 0 Å². The van der Waals surface area contributed by atoms with E-state index in [4.69, 9.17) is 0 Å². The van der Waals surface area contributed by atoms with Gasteiger partial charge in [-0.05, 0) is 25.8 Å². The van der Waals surface area contributed by atoms with E-state index >= 15 is 0 Å². The fourth-order valence-corrected chi connectivity index (χ4v) is 1.91. The van der Waals surface area contributed by atoms with Crippen LogP contribution in [-0.2, 0) is 0 Å². The van der Waals surface area contributed by atoms with E-state index in [0.29, 0.717) is 5.37 Å². The minimum absolute atomic E-state index is 0.618. The summed E-state index contributed by atoms with van der Waals surface area (Å²) >= 11 is 4.12. The van der Waals surface area contributed by atoms with Gasteiger partial charge in [-0.1, -0.05) is 10.8 Å². The van der Waals surface area contributed by atoms with Crippen molar-refractivity contribution in [1.29, 1.82) is 0 Å². The van der Waals surface area contributed by atoms with Gasteiger partial charge in [0.05, 0.1) is 5.37 Å². The van der Waals surface area contributed by atoms with Gasteiger partial charge in [0.1, 0.15) is 0 Å². The zero-order valence-electron chi connectivity index (χ0n) is 4.76. The first-order chi connectivity index (χ1) is 3.93. The summed E-state index contributed by atoms with van der Waals surface area (Å²) < 4.78 is 0. The first-order valence-electron chi connectivity index (χ1n) is 2.97. The molecular weight excluding hydrogens is 138 g/mol. The Kier molecular flexibility index (Phi) is 3.08. The van der Waals surface area contributed by atoms with Crippen LogP contribution in [0.1, 0.15) is 19.3 Å². The van der Waals surface area contributed by atoms with Crippen molar-refractivity contribution < 1.29 is 0 Å². The average Bonchev–Trinajstić information content (AvgIpc) is 1.90. The Bertz CT molecular complexity index is 61.4. The number of rotatable bonds is 1. The lowest BCUT2D eigenvalue weighted by atomic mass is 10.2. The molecule has 1 N–H and O–H groups in total. The molecule has 1 nitrogen and oxygen atoms in total. The van der Waals surface area contributed by atoms with Crippen LogP contribution in [0.4, 0.5) is 0 Å². The third-order valence-electron chi connectivity index (χ3n) is 1.39. The van der Waals surface area contributed by atoms with E-state index < -0.39 is 0 Å². The first-order valence-corrected chi connectivity index (χ1v) is 4.90. The van der Waals surface area contributed by atoms with Gasteiger partial charge in [-0.2, -0.15) is 0 Å². The van der Waals surface area contributed by atoms with E-state index in [1.165, 1.54) is 25.8 Å². The standard InChI is InChI=1S/C5H11NS2/c7-8-5-3-1-2-4-6-5/h5-7H,1-4H2. The summed E-state index contributed by atoms with van der Waals surface area (Å²) in [5.74, 6) is 0. The van der Waals surface area contributed by atoms with E-state index in [9.17, 15) is 0 Å². The molecule has 1 aliphatic heterocycles. The normalized spacial score (nSPS) is 30.4. The van der Waals surface area contributed by atoms with Crippen LogP contribution < -0.4 is 5.32 Å². The summed E-state index contributed by atoms with van der Waals surface area (Å²) in [5.41, 5.74) is 0. The monoisotopic (exact) mass is 149 g/mol. The highest BCUT2D eigenvalue weighted by molar-refractivity contribution is 8.68. The van der Waals surface area contributed by atoms with Crippen molar-refractivity contribution in [2.45, 2.75) is 24.6 Å². The van der Waals surface area contributed by atoms with Gasteiger partial charge in [0.2, 0.25) is 0 Å². The predicted molar refractivity (Wildman–Crippen MR) is 42.2 cm³/mol. The average molecular weight is 149 g/mol. The molecule has 0 bridgehead atoms. The highest BCUT2D eigenvalue weighted by Gasteiger charge is 2.09. The molecule has 3 heteroatoms. The maximum atomic E-state index is 4.12. The highest BCUT2D eigenvalue weighted by atomic mass is 33.1. The summed E-state index contributed by atoms with van der Waals surface area (Å²) in [6.45, 7) is 1.18. The van der Waals surface area contributed by atoms with Gasteiger partial charge >= 0.3 is 0 Å². The molecule has 0 aromatic rings. The summed E-state index contributed by atoms with van der Waals surface area (Å²) in [7, 11) is 1.63. The molecule has 0 aromatic carbocycles. The molecule has 1 rings (SSSR count). The Labute approximate surface area is 59.4 Å². The van der Waals surface area contributed by atoms with Crippen molar-refractivity contribution in [3.8, 4) is 0 Å². The SMILES string of the molecule is SSC1CCCCN1. The largest absolute Gasteiger partial charge is 0.305 e. The van der Waals surface area contributed by atoms with Crippen LogP contribution in [0.5, 0.6) is 0 Å². The molecule has 1 aliphatic rings. The Balaban J connectivity index is 2.13. The molecule has 48 valence electrons. The number of hydrogen-bond donors (Lipinski definition) is 2. The fraction of sp³-hybridized carbons (Fsp3) is 1.00. The lowest BCUT2D eigenvalue weighted by molar-refractivity contribution is 0.493. The molecule has 1 atom stereocenters. The van der Waals surface area contributed by atoms with Gasteiger partial charge in [0.15, 0.2) is 0 Å². The van der Waals surface area contributed by atoms with E-state index in [0.717, 1.165) is 0 Å². The quantitative estimate of drug-likeness (QED) is 0.434. The smallest absolute Gasteiger partial charge is 0.0634 e. The minimum atomic E-state index is 0.618.